The summed E-state index contributed by atoms with van der Waals surface area (Å²) in [7, 11) is 0. The minimum Gasteiger partial charge on any atom is -0.462 e. The number of nitrogens with one attached hydrogen (secondary N) is 1. The number of hydrogen-bond acceptors (Lipinski definition) is 6. The van der Waals surface area contributed by atoms with E-state index in [0.717, 1.165) is 25.9 Å². The smallest absolute Gasteiger partial charge is 0.340 e. The number of carbonyl (C=O) groups is 2. The number of nitrogens with zero attached hydrogens (tertiary/aromatic N) is 3. The summed E-state index contributed by atoms with van der Waals surface area (Å²) in [5, 5.41) is 3.02. The summed E-state index contributed by atoms with van der Waals surface area (Å²) in [6.45, 7) is 5.76. The molecule has 1 aromatic carbocycles. The van der Waals surface area contributed by atoms with E-state index in [0.29, 0.717) is 35.3 Å². The molecule has 2 aromatic rings. The van der Waals surface area contributed by atoms with Gasteiger partial charge in [-0.1, -0.05) is 19.1 Å². The Kier molecular flexibility index (Phi) is 6.01. The number of hydrogen-bond donors (Lipinski definition) is 1. The Morgan fingerprint density at radius 3 is 2.70 bits per heavy atom. The second kappa shape index (κ2) is 8.62. The zero-order chi connectivity index (χ0) is 19.2. The second-order valence-electron chi connectivity index (χ2n) is 6.68. The van der Waals surface area contributed by atoms with E-state index in [2.05, 4.69) is 22.2 Å². The SMILES string of the molecule is CCOC(=O)c1ccccc1Nc1ncc(C(=O)N2CCCC(C)C2)cn1. The molecule has 1 unspecified atom stereocenters. The molecule has 142 valence electrons. The van der Waals surface area contributed by atoms with Gasteiger partial charge in [-0.05, 0) is 37.8 Å². The summed E-state index contributed by atoms with van der Waals surface area (Å²) in [5.74, 6) is 0.380. The Morgan fingerprint density at radius 1 is 1.26 bits per heavy atom. The van der Waals surface area contributed by atoms with E-state index in [9.17, 15) is 9.59 Å². The van der Waals surface area contributed by atoms with Gasteiger partial charge in [0.2, 0.25) is 5.95 Å². The molecule has 0 spiro atoms. The number of para-hydroxylation sites is 1. The molecule has 1 fully saturated rings. The molecule has 0 bridgehead atoms. The van der Waals surface area contributed by atoms with Gasteiger partial charge in [-0.15, -0.1) is 0 Å². The Bertz CT molecular complexity index is 807. The van der Waals surface area contributed by atoms with Crippen LogP contribution in [0.15, 0.2) is 36.7 Å². The van der Waals surface area contributed by atoms with Crippen LogP contribution in [0.25, 0.3) is 0 Å². The van der Waals surface area contributed by atoms with E-state index in [1.165, 1.54) is 12.4 Å². The van der Waals surface area contributed by atoms with Crippen LogP contribution in [0, 0.1) is 5.92 Å². The molecular weight excluding hydrogens is 344 g/mol. The lowest BCUT2D eigenvalue weighted by atomic mass is 10.00. The Hall–Kier alpha value is -2.96. The zero-order valence-corrected chi connectivity index (χ0v) is 15.6. The van der Waals surface area contributed by atoms with Crippen LogP contribution in [0.3, 0.4) is 0 Å². The van der Waals surface area contributed by atoms with Gasteiger partial charge in [-0.25, -0.2) is 14.8 Å². The van der Waals surface area contributed by atoms with Crippen molar-refractivity contribution < 1.29 is 14.3 Å². The third-order valence-electron chi connectivity index (χ3n) is 4.51. The molecule has 27 heavy (non-hydrogen) atoms. The number of ether oxygens (including phenoxy) is 1. The van der Waals surface area contributed by atoms with E-state index < -0.39 is 5.97 Å². The first-order valence-corrected chi connectivity index (χ1v) is 9.23. The molecule has 1 N–H and O–H groups in total. The Labute approximate surface area is 158 Å². The van der Waals surface area contributed by atoms with Gasteiger partial charge in [0.05, 0.1) is 23.4 Å². The highest BCUT2D eigenvalue weighted by Gasteiger charge is 2.22. The number of rotatable bonds is 5. The van der Waals surface area contributed by atoms with Crippen molar-refractivity contribution in [1.29, 1.82) is 0 Å². The van der Waals surface area contributed by atoms with Crippen molar-refractivity contribution in [2.45, 2.75) is 26.7 Å². The van der Waals surface area contributed by atoms with Crippen LogP contribution in [0.2, 0.25) is 0 Å². The van der Waals surface area contributed by atoms with Crippen molar-refractivity contribution in [1.82, 2.24) is 14.9 Å². The zero-order valence-electron chi connectivity index (χ0n) is 15.6. The van der Waals surface area contributed by atoms with Crippen molar-refractivity contribution in [2.24, 2.45) is 5.92 Å². The number of carbonyl (C=O) groups excluding carboxylic acids is 2. The number of likely N-dealkylation sites (tertiary alicyclic amines) is 1. The fourth-order valence-electron chi connectivity index (χ4n) is 3.16. The number of esters is 1. The number of piperidine rings is 1. The van der Waals surface area contributed by atoms with Crippen molar-refractivity contribution in [3.63, 3.8) is 0 Å². The third kappa shape index (κ3) is 4.61. The highest BCUT2D eigenvalue weighted by atomic mass is 16.5. The molecule has 1 atom stereocenters. The monoisotopic (exact) mass is 368 g/mol. The highest BCUT2D eigenvalue weighted by molar-refractivity contribution is 5.96. The third-order valence-corrected chi connectivity index (χ3v) is 4.51. The molecule has 1 amide bonds. The molecule has 7 nitrogen and oxygen atoms in total. The fourth-order valence-corrected chi connectivity index (χ4v) is 3.16. The van der Waals surface area contributed by atoms with Crippen molar-refractivity contribution >= 4 is 23.5 Å². The van der Waals surface area contributed by atoms with Gasteiger partial charge in [0.1, 0.15) is 0 Å². The van der Waals surface area contributed by atoms with Gasteiger partial charge in [-0.2, -0.15) is 0 Å². The average Bonchev–Trinajstić information content (AvgIpc) is 2.68. The Balaban J connectivity index is 1.71. The first-order valence-electron chi connectivity index (χ1n) is 9.23. The van der Waals surface area contributed by atoms with E-state index in [1.54, 1.807) is 31.2 Å². The molecule has 1 aromatic heterocycles. The van der Waals surface area contributed by atoms with Crippen LogP contribution < -0.4 is 5.32 Å². The van der Waals surface area contributed by atoms with Gasteiger partial charge in [0, 0.05) is 25.5 Å². The van der Waals surface area contributed by atoms with Crippen molar-refractivity contribution in [2.75, 3.05) is 25.0 Å². The van der Waals surface area contributed by atoms with Gasteiger partial charge in [0.25, 0.3) is 5.91 Å². The first-order chi connectivity index (χ1) is 13.1. The molecule has 7 heteroatoms. The fraction of sp³-hybridized carbons (Fsp3) is 0.400. The van der Waals surface area contributed by atoms with E-state index >= 15 is 0 Å². The summed E-state index contributed by atoms with van der Waals surface area (Å²) in [5.41, 5.74) is 1.43. The average molecular weight is 368 g/mol. The van der Waals surface area contributed by atoms with E-state index in [4.69, 9.17) is 4.74 Å². The molecule has 0 radical (unpaired) electrons. The maximum atomic E-state index is 12.6. The van der Waals surface area contributed by atoms with Crippen LogP contribution in [0.4, 0.5) is 11.6 Å². The lowest BCUT2D eigenvalue weighted by Crippen LogP contribution is -2.39. The lowest BCUT2D eigenvalue weighted by molar-refractivity contribution is 0.0527. The maximum absolute atomic E-state index is 12.6. The summed E-state index contributed by atoms with van der Waals surface area (Å²) >= 11 is 0. The number of anilines is 2. The second-order valence-corrected chi connectivity index (χ2v) is 6.68. The van der Waals surface area contributed by atoms with E-state index in [-0.39, 0.29) is 5.91 Å². The summed E-state index contributed by atoms with van der Waals surface area (Å²) < 4.78 is 5.06. The highest BCUT2D eigenvalue weighted by Crippen LogP contribution is 2.20. The topological polar surface area (TPSA) is 84.4 Å². The molecular formula is C20H24N4O3. The van der Waals surface area contributed by atoms with Crippen LogP contribution in [0.5, 0.6) is 0 Å². The number of amides is 1. The maximum Gasteiger partial charge on any atom is 0.340 e. The normalized spacial score (nSPS) is 16.7. The largest absolute Gasteiger partial charge is 0.462 e. The summed E-state index contributed by atoms with van der Waals surface area (Å²) in [4.78, 5) is 35.0. The predicted molar refractivity (Wildman–Crippen MR) is 102 cm³/mol. The number of benzene rings is 1. The Morgan fingerprint density at radius 2 is 2.00 bits per heavy atom. The van der Waals surface area contributed by atoms with Crippen molar-refractivity contribution in [3.8, 4) is 0 Å². The van der Waals surface area contributed by atoms with Crippen LogP contribution in [-0.4, -0.2) is 46.4 Å². The van der Waals surface area contributed by atoms with Crippen LogP contribution >= 0.6 is 0 Å². The molecule has 1 saturated heterocycles. The van der Waals surface area contributed by atoms with E-state index in [1.807, 2.05) is 4.90 Å². The van der Waals surface area contributed by atoms with Gasteiger partial charge in [0.15, 0.2) is 0 Å². The minimum absolute atomic E-state index is 0.0416. The molecule has 0 aliphatic carbocycles. The standard InChI is InChI=1S/C20H24N4O3/c1-3-27-19(26)16-8-4-5-9-17(16)23-20-21-11-15(12-22-20)18(25)24-10-6-7-14(2)13-24/h4-5,8-9,11-12,14H,3,6-7,10,13H2,1-2H3,(H,21,22,23). The molecule has 0 saturated carbocycles. The van der Waals surface area contributed by atoms with Crippen LogP contribution in [0.1, 0.15) is 47.4 Å². The summed E-state index contributed by atoms with van der Waals surface area (Å²) in [6, 6.07) is 7.00. The molecule has 3 rings (SSSR count). The molecule has 1 aliphatic rings. The summed E-state index contributed by atoms with van der Waals surface area (Å²) in [6.07, 6.45) is 5.22. The van der Waals surface area contributed by atoms with Gasteiger partial charge in [-0.3, -0.25) is 4.79 Å². The van der Waals surface area contributed by atoms with Crippen molar-refractivity contribution in [3.05, 3.63) is 47.8 Å². The first kappa shape index (κ1) is 18.8. The number of aromatic nitrogens is 2. The van der Waals surface area contributed by atoms with Crippen LogP contribution in [-0.2, 0) is 4.74 Å². The molecule has 2 heterocycles. The quantitative estimate of drug-likeness (QED) is 0.816. The predicted octanol–water partition coefficient (Wildman–Crippen LogP) is 3.27. The van der Waals surface area contributed by atoms with Gasteiger partial charge >= 0.3 is 5.97 Å². The molecule has 1 aliphatic heterocycles. The van der Waals surface area contributed by atoms with Gasteiger partial charge < -0.3 is 15.0 Å². The lowest BCUT2D eigenvalue weighted by Gasteiger charge is -2.30. The minimum atomic E-state index is -0.411.